The van der Waals surface area contributed by atoms with Crippen LogP contribution in [0, 0.1) is 0 Å². The number of halogens is 2. The average Bonchev–Trinajstić information content (AvgIpc) is 0.722. The molecule has 0 bridgehead atoms. The third-order valence-corrected chi connectivity index (χ3v) is 0.707. The van der Waals surface area contributed by atoms with E-state index in [9.17, 15) is 0 Å². The van der Waals surface area contributed by atoms with Gasteiger partial charge in [-0.3, -0.25) is 0 Å². The second kappa shape index (κ2) is 15.7. The molecule has 1 heterocycles. The van der Waals surface area contributed by atoms with Crippen molar-refractivity contribution in [1.29, 1.82) is 0 Å². The van der Waals surface area contributed by atoms with Gasteiger partial charge in [0, 0.05) is 0 Å². The summed E-state index contributed by atoms with van der Waals surface area (Å²) in [5, 5.41) is 3.11. The molecule has 0 amide bonds. The predicted molar refractivity (Wildman–Crippen MR) is 22.5 cm³/mol. The second-order valence-corrected chi connectivity index (χ2v) is 1.10. The summed E-state index contributed by atoms with van der Waals surface area (Å²) in [7, 11) is 0. The summed E-state index contributed by atoms with van der Waals surface area (Å²) in [6.45, 7) is 2.50. The molecule has 1 aliphatic heterocycles. The van der Waals surface area contributed by atoms with Gasteiger partial charge < -0.3 is 36.3 Å². The van der Waals surface area contributed by atoms with Crippen LogP contribution in [0.15, 0.2) is 0 Å². The third-order valence-electron chi connectivity index (χ3n) is 0.707. The number of hydrogen-bond donors (Lipinski definition) is 2. The normalized spacial score (nSPS) is 12.0. The van der Waals surface area contributed by atoms with Crippen LogP contribution in [-0.4, -0.2) is 13.1 Å². The van der Waals surface area contributed by atoms with Crippen LogP contribution in [0.4, 0.5) is 0 Å². The quantitative estimate of drug-likeness (QED) is 0.462. The standard InChI is InChI=1S/C3H7N.2ClH.H3N.Pt/c1-2-4-3-1;;;;/h4H,1-3H2;2*1H;1H3;/q;;;;+2/p-2. The Bertz CT molecular complexity index is 23.2. The predicted octanol–water partition coefficient (Wildman–Crippen LogP) is -5.85. The van der Waals surface area contributed by atoms with E-state index in [2.05, 4.69) is 5.32 Å². The molecule has 1 rings (SSSR count). The summed E-state index contributed by atoms with van der Waals surface area (Å²) in [5.74, 6) is 0. The van der Waals surface area contributed by atoms with Crippen molar-refractivity contribution in [2.24, 2.45) is 0 Å². The fourth-order valence-electron chi connectivity index (χ4n) is 0.177. The Morgan fingerprint density at radius 1 is 1.00 bits per heavy atom. The molecule has 0 atom stereocenters. The molecule has 4 N–H and O–H groups in total. The zero-order chi connectivity index (χ0) is 2.83. The number of rotatable bonds is 0. The van der Waals surface area contributed by atoms with Crippen LogP contribution in [0.2, 0.25) is 0 Å². The fraction of sp³-hybridized carbons (Fsp3) is 1.00. The van der Waals surface area contributed by atoms with Gasteiger partial charge in [-0.2, -0.15) is 0 Å². The fourth-order valence-corrected chi connectivity index (χ4v) is 0.177. The first-order chi connectivity index (χ1) is 2.00. The molecule has 0 aromatic carbocycles. The largest absolute Gasteiger partial charge is 2.00 e. The van der Waals surface area contributed by atoms with E-state index in [0.717, 1.165) is 0 Å². The molecule has 0 radical (unpaired) electrons. The molecule has 56 valence electrons. The molecular formula is C3H10Cl2N2Pt. The summed E-state index contributed by atoms with van der Waals surface area (Å²) < 4.78 is 0. The molecule has 0 spiro atoms. The van der Waals surface area contributed by atoms with Crippen LogP contribution in [0.5, 0.6) is 0 Å². The van der Waals surface area contributed by atoms with Crippen molar-refractivity contribution < 1.29 is 45.9 Å². The maximum Gasteiger partial charge on any atom is 2.00 e. The van der Waals surface area contributed by atoms with E-state index in [0.29, 0.717) is 0 Å². The van der Waals surface area contributed by atoms with Crippen molar-refractivity contribution in [3.8, 4) is 0 Å². The molecule has 1 aliphatic rings. The second-order valence-electron chi connectivity index (χ2n) is 1.10. The molecule has 1 fully saturated rings. The van der Waals surface area contributed by atoms with Gasteiger partial charge in [0.05, 0.1) is 0 Å². The van der Waals surface area contributed by atoms with Gasteiger partial charge in [0.2, 0.25) is 0 Å². The van der Waals surface area contributed by atoms with Crippen molar-refractivity contribution in [3.63, 3.8) is 0 Å². The van der Waals surface area contributed by atoms with E-state index in [4.69, 9.17) is 0 Å². The number of hydrogen-bond acceptors (Lipinski definition) is 2. The van der Waals surface area contributed by atoms with E-state index >= 15 is 0 Å². The Kier molecular flexibility index (Phi) is 45.0. The Morgan fingerprint density at radius 3 is 1.12 bits per heavy atom. The molecule has 2 nitrogen and oxygen atoms in total. The summed E-state index contributed by atoms with van der Waals surface area (Å²) in [6.07, 6.45) is 1.39. The molecule has 0 aromatic rings. The topological polar surface area (TPSA) is 47.0 Å². The van der Waals surface area contributed by atoms with Crippen molar-refractivity contribution in [1.82, 2.24) is 11.5 Å². The number of nitrogens with one attached hydrogen (secondary N) is 1. The van der Waals surface area contributed by atoms with E-state index < -0.39 is 0 Å². The Balaban J connectivity index is -0.0000000200. The van der Waals surface area contributed by atoms with Crippen LogP contribution >= 0.6 is 0 Å². The summed E-state index contributed by atoms with van der Waals surface area (Å²) in [5.41, 5.74) is 0. The van der Waals surface area contributed by atoms with E-state index in [1.54, 1.807) is 0 Å². The molecule has 0 aromatic heterocycles. The SMILES string of the molecule is C1CNC1.N.[Cl-].[Cl-].[Pt+2]. The van der Waals surface area contributed by atoms with Gasteiger partial charge in [0.25, 0.3) is 0 Å². The third kappa shape index (κ3) is 10.2. The maximum absolute atomic E-state index is 3.11. The molecule has 5 heteroatoms. The van der Waals surface area contributed by atoms with Crippen molar-refractivity contribution in [2.45, 2.75) is 6.42 Å². The Hall–Kier alpha value is 1.19. The van der Waals surface area contributed by atoms with Gasteiger partial charge in [0.1, 0.15) is 0 Å². The monoisotopic (exact) mass is 339 g/mol. The first-order valence-electron chi connectivity index (χ1n) is 1.71. The molecule has 0 aliphatic carbocycles. The molecule has 0 saturated carbocycles. The Morgan fingerprint density at radius 2 is 1.12 bits per heavy atom. The van der Waals surface area contributed by atoms with E-state index in [1.165, 1.54) is 19.5 Å². The van der Waals surface area contributed by atoms with Crippen molar-refractivity contribution >= 4 is 0 Å². The van der Waals surface area contributed by atoms with Crippen LogP contribution in [0.25, 0.3) is 0 Å². The van der Waals surface area contributed by atoms with Gasteiger partial charge in [-0.15, -0.1) is 0 Å². The molecule has 8 heavy (non-hydrogen) atoms. The summed E-state index contributed by atoms with van der Waals surface area (Å²) >= 11 is 0. The minimum atomic E-state index is 0. The van der Waals surface area contributed by atoms with E-state index in [1.807, 2.05) is 0 Å². The van der Waals surface area contributed by atoms with Crippen molar-refractivity contribution in [3.05, 3.63) is 0 Å². The Labute approximate surface area is 76.8 Å². The zero-order valence-corrected chi connectivity index (χ0v) is 8.18. The molecule has 0 unspecified atom stereocenters. The first-order valence-corrected chi connectivity index (χ1v) is 1.71. The van der Waals surface area contributed by atoms with Crippen LogP contribution in [0.3, 0.4) is 0 Å². The minimum absolute atomic E-state index is 0. The van der Waals surface area contributed by atoms with Crippen LogP contribution < -0.4 is 36.3 Å². The van der Waals surface area contributed by atoms with Crippen LogP contribution in [0.1, 0.15) is 6.42 Å². The van der Waals surface area contributed by atoms with Gasteiger partial charge in [-0.1, -0.05) is 0 Å². The average molecular weight is 340 g/mol. The van der Waals surface area contributed by atoms with Gasteiger partial charge in [-0.25, -0.2) is 0 Å². The molecule has 1 saturated heterocycles. The van der Waals surface area contributed by atoms with E-state index in [-0.39, 0.29) is 52.0 Å². The maximum atomic E-state index is 3.11. The summed E-state index contributed by atoms with van der Waals surface area (Å²) in [4.78, 5) is 0. The van der Waals surface area contributed by atoms with Gasteiger partial charge >= 0.3 is 21.1 Å². The first kappa shape index (κ1) is 22.9. The van der Waals surface area contributed by atoms with Gasteiger partial charge in [0.15, 0.2) is 0 Å². The zero-order valence-electron chi connectivity index (χ0n) is 4.40. The molecular weight excluding hydrogens is 330 g/mol. The van der Waals surface area contributed by atoms with Crippen LogP contribution in [-0.2, 0) is 21.1 Å². The van der Waals surface area contributed by atoms with Gasteiger partial charge in [-0.05, 0) is 19.5 Å². The van der Waals surface area contributed by atoms with Crippen molar-refractivity contribution in [2.75, 3.05) is 13.1 Å². The minimum Gasteiger partial charge on any atom is -1.00 e. The smallest absolute Gasteiger partial charge is 1.00 e. The summed E-state index contributed by atoms with van der Waals surface area (Å²) in [6, 6.07) is 0.